The fraction of sp³-hybridized carbons (Fsp3) is 0.200. The Balaban J connectivity index is 2.21. The standard InChI is InChI=1S/C15H15NO4/c1-11-4-2-3-5-13(11)10-20-15-7-6-12(9-17)8-14(15)16(18)19/h2-8,17H,9-10H2,1H3. The summed E-state index contributed by atoms with van der Waals surface area (Å²) in [4.78, 5) is 10.5. The lowest BCUT2D eigenvalue weighted by Crippen LogP contribution is -2.01. The first kappa shape index (κ1) is 14.0. The van der Waals surface area contributed by atoms with Crippen molar-refractivity contribution in [3.05, 3.63) is 69.3 Å². The van der Waals surface area contributed by atoms with Gasteiger partial charge in [0.25, 0.3) is 0 Å². The Morgan fingerprint density at radius 3 is 2.65 bits per heavy atom. The molecule has 0 saturated carbocycles. The van der Waals surface area contributed by atoms with Gasteiger partial charge in [0.15, 0.2) is 5.75 Å². The van der Waals surface area contributed by atoms with Crippen LogP contribution in [-0.2, 0) is 13.2 Å². The average molecular weight is 273 g/mol. The zero-order chi connectivity index (χ0) is 14.5. The van der Waals surface area contributed by atoms with E-state index in [2.05, 4.69) is 0 Å². The molecule has 0 aliphatic carbocycles. The van der Waals surface area contributed by atoms with Gasteiger partial charge in [0, 0.05) is 6.07 Å². The Hall–Kier alpha value is -2.40. The SMILES string of the molecule is Cc1ccccc1COc1ccc(CO)cc1[N+](=O)[O-]. The molecule has 2 rings (SSSR count). The van der Waals surface area contributed by atoms with Gasteiger partial charge in [-0.1, -0.05) is 30.3 Å². The van der Waals surface area contributed by atoms with Crippen molar-refractivity contribution in [3.8, 4) is 5.75 Å². The number of aliphatic hydroxyl groups excluding tert-OH is 1. The number of hydrogen-bond acceptors (Lipinski definition) is 4. The Bertz CT molecular complexity index is 625. The molecular weight excluding hydrogens is 258 g/mol. The number of aryl methyl sites for hydroxylation is 1. The summed E-state index contributed by atoms with van der Waals surface area (Å²) in [5, 5.41) is 20.0. The molecule has 5 nitrogen and oxygen atoms in total. The molecule has 104 valence electrons. The molecule has 0 aliphatic rings. The highest BCUT2D eigenvalue weighted by molar-refractivity contribution is 5.48. The fourth-order valence-electron chi connectivity index (χ4n) is 1.85. The first-order valence-corrected chi connectivity index (χ1v) is 6.17. The van der Waals surface area contributed by atoms with Crippen LogP contribution in [0.5, 0.6) is 5.75 Å². The van der Waals surface area contributed by atoms with E-state index in [-0.39, 0.29) is 24.7 Å². The molecule has 20 heavy (non-hydrogen) atoms. The summed E-state index contributed by atoms with van der Waals surface area (Å²) in [6.45, 7) is 1.99. The summed E-state index contributed by atoms with van der Waals surface area (Å²) in [6.07, 6.45) is 0. The predicted octanol–water partition coefficient (Wildman–Crippen LogP) is 2.97. The van der Waals surface area contributed by atoms with Crippen molar-refractivity contribution in [2.75, 3.05) is 0 Å². The van der Waals surface area contributed by atoms with Crippen LogP contribution in [0.1, 0.15) is 16.7 Å². The quantitative estimate of drug-likeness (QED) is 0.671. The van der Waals surface area contributed by atoms with Gasteiger partial charge in [-0.25, -0.2) is 0 Å². The van der Waals surface area contributed by atoms with Gasteiger partial charge < -0.3 is 9.84 Å². The van der Waals surface area contributed by atoms with E-state index in [1.807, 2.05) is 31.2 Å². The van der Waals surface area contributed by atoms with Gasteiger partial charge in [-0.15, -0.1) is 0 Å². The molecule has 0 aliphatic heterocycles. The molecule has 0 saturated heterocycles. The number of nitrogens with zero attached hydrogens (tertiary/aromatic N) is 1. The number of ether oxygens (including phenoxy) is 1. The Morgan fingerprint density at radius 2 is 2.00 bits per heavy atom. The molecular formula is C15H15NO4. The van der Waals surface area contributed by atoms with Crippen LogP contribution in [0.15, 0.2) is 42.5 Å². The van der Waals surface area contributed by atoms with E-state index in [0.29, 0.717) is 5.56 Å². The highest BCUT2D eigenvalue weighted by Crippen LogP contribution is 2.29. The number of nitro groups is 1. The van der Waals surface area contributed by atoms with Gasteiger partial charge >= 0.3 is 5.69 Å². The van der Waals surface area contributed by atoms with Gasteiger partial charge in [-0.3, -0.25) is 10.1 Å². The monoisotopic (exact) mass is 273 g/mol. The van der Waals surface area contributed by atoms with Crippen LogP contribution >= 0.6 is 0 Å². The van der Waals surface area contributed by atoms with Gasteiger partial charge in [0.2, 0.25) is 0 Å². The molecule has 2 aromatic carbocycles. The lowest BCUT2D eigenvalue weighted by molar-refractivity contribution is -0.386. The van der Waals surface area contributed by atoms with Gasteiger partial charge in [-0.05, 0) is 29.7 Å². The molecule has 5 heteroatoms. The second-order valence-electron chi connectivity index (χ2n) is 4.43. The van der Waals surface area contributed by atoms with E-state index in [0.717, 1.165) is 11.1 Å². The van der Waals surface area contributed by atoms with E-state index in [1.165, 1.54) is 12.1 Å². The van der Waals surface area contributed by atoms with E-state index in [9.17, 15) is 10.1 Å². The van der Waals surface area contributed by atoms with E-state index >= 15 is 0 Å². The summed E-state index contributed by atoms with van der Waals surface area (Å²) >= 11 is 0. The Kier molecular flexibility index (Phi) is 4.32. The third-order valence-electron chi connectivity index (χ3n) is 3.05. The van der Waals surface area contributed by atoms with Gasteiger partial charge in [0.1, 0.15) is 6.61 Å². The van der Waals surface area contributed by atoms with Crippen LogP contribution in [0.4, 0.5) is 5.69 Å². The number of hydrogen-bond donors (Lipinski definition) is 1. The lowest BCUT2D eigenvalue weighted by Gasteiger charge is -2.09. The second-order valence-corrected chi connectivity index (χ2v) is 4.43. The topological polar surface area (TPSA) is 72.6 Å². The van der Waals surface area contributed by atoms with E-state index < -0.39 is 4.92 Å². The molecule has 0 heterocycles. The van der Waals surface area contributed by atoms with Crippen molar-refractivity contribution in [1.82, 2.24) is 0 Å². The second kappa shape index (κ2) is 6.16. The highest BCUT2D eigenvalue weighted by Gasteiger charge is 2.16. The number of aliphatic hydroxyl groups is 1. The first-order valence-electron chi connectivity index (χ1n) is 6.17. The Labute approximate surface area is 116 Å². The zero-order valence-corrected chi connectivity index (χ0v) is 11.1. The van der Waals surface area contributed by atoms with Crippen LogP contribution in [0, 0.1) is 17.0 Å². The number of nitro benzene ring substituents is 1. The molecule has 2 aromatic rings. The summed E-state index contributed by atoms with van der Waals surface area (Å²) in [7, 11) is 0. The minimum atomic E-state index is -0.508. The Morgan fingerprint density at radius 1 is 1.25 bits per heavy atom. The molecule has 1 N–H and O–H groups in total. The molecule has 0 amide bonds. The maximum Gasteiger partial charge on any atom is 0.311 e. The smallest absolute Gasteiger partial charge is 0.311 e. The summed E-state index contributed by atoms with van der Waals surface area (Å²) < 4.78 is 5.54. The maximum absolute atomic E-state index is 11.0. The van der Waals surface area contributed by atoms with Crippen molar-refractivity contribution in [2.45, 2.75) is 20.1 Å². The van der Waals surface area contributed by atoms with Crippen molar-refractivity contribution in [3.63, 3.8) is 0 Å². The van der Waals surface area contributed by atoms with Crippen LogP contribution in [0.25, 0.3) is 0 Å². The molecule has 0 spiro atoms. The van der Waals surface area contributed by atoms with Crippen LogP contribution < -0.4 is 4.74 Å². The summed E-state index contributed by atoms with van der Waals surface area (Å²) in [5.41, 5.74) is 2.40. The summed E-state index contributed by atoms with van der Waals surface area (Å²) in [6, 6.07) is 12.2. The molecule has 0 radical (unpaired) electrons. The van der Waals surface area contributed by atoms with Crippen molar-refractivity contribution in [1.29, 1.82) is 0 Å². The largest absolute Gasteiger partial charge is 0.482 e. The van der Waals surface area contributed by atoms with Crippen molar-refractivity contribution >= 4 is 5.69 Å². The van der Waals surface area contributed by atoms with Crippen LogP contribution in [0.3, 0.4) is 0 Å². The highest BCUT2D eigenvalue weighted by atomic mass is 16.6. The zero-order valence-electron chi connectivity index (χ0n) is 11.1. The third kappa shape index (κ3) is 3.13. The molecule has 0 fully saturated rings. The minimum Gasteiger partial charge on any atom is -0.482 e. The number of benzene rings is 2. The summed E-state index contributed by atoms with van der Waals surface area (Å²) in [5.74, 6) is 0.204. The number of rotatable bonds is 5. The normalized spacial score (nSPS) is 10.3. The van der Waals surface area contributed by atoms with Crippen molar-refractivity contribution in [2.24, 2.45) is 0 Å². The van der Waals surface area contributed by atoms with E-state index in [4.69, 9.17) is 9.84 Å². The molecule has 0 atom stereocenters. The third-order valence-corrected chi connectivity index (χ3v) is 3.05. The molecule has 0 bridgehead atoms. The molecule has 0 aromatic heterocycles. The predicted molar refractivity (Wildman–Crippen MR) is 74.5 cm³/mol. The van der Waals surface area contributed by atoms with Gasteiger partial charge in [0.05, 0.1) is 11.5 Å². The maximum atomic E-state index is 11.0. The van der Waals surface area contributed by atoms with Crippen LogP contribution in [0.2, 0.25) is 0 Å². The fourth-order valence-corrected chi connectivity index (χ4v) is 1.85. The molecule has 0 unspecified atom stereocenters. The minimum absolute atomic E-state index is 0.134. The van der Waals surface area contributed by atoms with Crippen LogP contribution in [-0.4, -0.2) is 10.0 Å². The lowest BCUT2D eigenvalue weighted by atomic mass is 10.1. The average Bonchev–Trinajstić information content (AvgIpc) is 2.46. The first-order chi connectivity index (χ1) is 9.61. The van der Waals surface area contributed by atoms with E-state index in [1.54, 1.807) is 6.07 Å². The van der Waals surface area contributed by atoms with Gasteiger partial charge in [-0.2, -0.15) is 0 Å². The van der Waals surface area contributed by atoms with Crippen molar-refractivity contribution < 1.29 is 14.8 Å².